The van der Waals surface area contributed by atoms with Gasteiger partial charge < -0.3 is 14.6 Å². The monoisotopic (exact) mass is 234 g/mol. The molecule has 1 saturated heterocycles. The van der Waals surface area contributed by atoms with Crippen LogP contribution in [0.1, 0.15) is 6.42 Å². The maximum absolute atomic E-state index is 11.9. The second-order valence-electron chi connectivity index (χ2n) is 6.85. The molecule has 8 unspecified atom stereocenters. The van der Waals surface area contributed by atoms with Gasteiger partial charge in [0.25, 0.3) is 0 Å². The Balaban J connectivity index is 1.64. The van der Waals surface area contributed by atoms with Gasteiger partial charge in [-0.1, -0.05) is 0 Å². The largest absolute Gasteiger partial charge is 0.481 e. The zero-order chi connectivity index (χ0) is 11.2. The van der Waals surface area contributed by atoms with E-state index < -0.39 is 17.2 Å². The quantitative estimate of drug-likeness (QED) is 0.720. The van der Waals surface area contributed by atoms with E-state index in [1.165, 1.54) is 0 Å². The fourth-order valence-electron chi connectivity index (χ4n) is 7.51. The minimum Gasteiger partial charge on any atom is -0.481 e. The van der Waals surface area contributed by atoms with Gasteiger partial charge in [0.15, 0.2) is 5.79 Å². The first-order valence-electron chi connectivity index (χ1n) is 6.76. The summed E-state index contributed by atoms with van der Waals surface area (Å²) in [6.07, 6.45) is 1.13. The lowest BCUT2D eigenvalue weighted by Crippen LogP contribution is -2.70. The first-order valence-corrected chi connectivity index (χ1v) is 6.76. The minimum atomic E-state index is -0.560. The van der Waals surface area contributed by atoms with E-state index >= 15 is 0 Å². The lowest BCUT2D eigenvalue weighted by molar-refractivity contribution is -0.252. The smallest absolute Gasteiger partial charge is 0.310 e. The van der Waals surface area contributed by atoms with Gasteiger partial charge in [0.05, 0.1) is 18.6 Å². The molecule has 8 atom stereocenters. The van der Waals surface area contributed by atoms with E-state index in [4.69, 9.17) is 9.47 Å². The highest BCUT2D eigenvalue weighted by Gasteiger charge is 3.00. The van der Waals surface area contributed by atoms with Crippen LogP contribution in [0.15, 0.2) is 0 Å². The average molecular weight is 234 g/mol. The highest BCUT2D eigenvalue weighted by molar-refractivity contribution is 5.82. The molecule has 0 amide bonds. The number of carboxylic acids is 1. The fourth-order valence-corrected chi connectivity index (χ4v) is 7.51. The van der Waals surface area contributed by atoms with Gasteiger partial charge in [0.2, 0.25) is 0 Å². The van der Waals surface area contributed by atoms with Gasteiger partial charge in [0.1, 0.15) is 0 Å². The molecule has 6 saturated carbocycles. The molecular formula is C13H14O4. The summed E-state index contributed by atoms with van der Waals surface area (Å²) in [5, 5.41) is 9.76. The Bertz CT molecular complexity index is 482. The Labute approximate surface area is 98.3 Å². The Morgan fingerprint density at radius 1 is 1.18 bits per heavy atom. The summed E-state index contributed by atoms with van der Waals surface area (Å²) in [7, 11) is 0. The van der Waals surface area contributed by atoms with Crippen molar-refractivity contribution in [3.8, 4) is 0 Å². The molecule has 4 bridgehead atoms. The number of carboxylic acid groups (broad SMARTS) is 1. The van der Waals surface area contributed by atoms with Crippen LogP contribution in [0.5, 0.6) is 0 Å². The van der Waals surface area contributed by atoms with Crippen molar-refractivity contribution in [2.45, 2.75) is 12.2 Å². The Hall–Kier alpha value is -0.610. The molecule has 1 heterocycles. The van der Waals surface area contributed by atoms with Crippen LogP contribution in [0.3, 0.4) is 0 Å². The third kappa shape index (κ3) is 0.473. The molecule has 4 heteroatoms. The number of ether oxygens (including phenoxy) is 2. The molecule has 1 aliphatic heterocycles. The van der Waals surface area contributed by atoms with Crippen LogP contribution in [0.2, 0.25) is 0 Å². The van der Waals surface area contributed by atoms with Crippen molar-refractivity contribution < 1.29 is 19.4 Å². The molecule has 0 aromatic rings. The standard InChI is InChI=1S/C13H14O4/c14-11(15)12-5-3-4-6-7(5)8(12)9(6)13(10(4)12)16-1-2-17-13/h4-10H,1-3H2,(H,14,15). The van der Waals surface area contributed by atoms with Gasteiger partial charge in [-0.15, -0.1) is 0 Å². The zero-order valence-electron chi connectivity index (χ0n) is 9.33. The normalized spacial score (nSPS) is 69.8. The molecule has 1 spiro atoms. The van der Waals surface area contributed by atoms with Crippen LogP contribution in [0.25, 0.3) is 0 Å². The maximum Gasteiger partial charge on any atom is 0.310 e. The second kappa shape index (κ2) is 1.95. The summed E-state index contributed by atoms with van der Waals surface area (Å²) in [6, 6.07) is 0. The molecule has 17 heavy (non-hydrogen) atoms. The number of rotatable bonds is 1. The molecule has 0 radical (unpaired) electrons. The predicted octanol–water partition coefficient (Wildman–Crippen LogP) is 0.572. The molecule has 0 aromatic carbocycles. The summed E-state index contributed by atoms with van der Waals surface area (Å²) >= 11 is 0. The van der Waals surface area contributed by atoms with E-state index in [9.17, 15) is 9.90 Å². The van der Waals surface area contributed by atoms with Gasteiger partial charge >= 0.3 is 5.97 Å². The third-order valence-corrected chi connectivity index (χ3v) is 7.26. The van der Waals surface area contributed by atoms with Crippen molar-refractivity contribution in [2.75, 3.05) is 13.2 Å². The molecule has 0 aromatic heterocycles. The van der Waals surface area contributed by atoms with Gasteiger partial charge in [0, 0.05) is 11.8 Å². The lowest BCUT2D eigenvalue weighted by Gasteiger charge is -2.67. The molecule has 6 aliphatic carbocycles. The molecule has 4 nitrogen and oxygen atoms in total. The maximum atomic E-state index is 11.9. The highest BCUT2D eigenvalue weighted by atomic mass is 16.7. The van der Waals surface area contributed by atoms with Crippen LogP contribution < -0.4 is 0 Å². The average Bonchev–Trinajstić information content (AvgIpc) is 2.92. The molecule has 7 aliphatic rings. The summed E-state index contributed by atoms with van der Waals surface area (Å²) in [4.78, 5) is 11.9. The van der Waals surface area contributed by atoms with Gasteiger partial charge in [-0.2, -0.15) is 0 Å². The van der Waals surface area contributed by atoms with Crippen molar-refractivity contribution in [2.24, 2.45) is 46.8 Å². The van der Waals surface area contributed by atoms with E-state index in [-0.39, 0.29) is 5.92 Å². The van der Waals surface area contributed by atoms with Gasteiger partial charge in [-0.3, -0.25) is 4.79 Å². The first-order chi connectivity index (χ1) is 8.24. The summed E-state index contributed by atoms with van der Waals surface area (Å²) in [5.41, 5.74) is -0.445. The van der Waals surface area contributed by atoms with Crippen molar-refractivity contribution in [3.63, 3.8) is 0 Å². The first kappa shape index (κ1) is 8.48. The number of hydrogen-bond acceptors (Lipinski definition) is 3. The second-order valence-corrected chi connectivity index (χ2v) is 6.85. The third-order valence-electron chi connectivity index (χ3n) is 7.26. The lowest BCUT2D eigenvalue weighted by atomic mass is 9.34. The van der Waals surface area contributed by atoms with E-state index in [2.05, 4.69) is 0 Å². The highest BCUT2D eigenvalue weighted by Crippen LogP contribution is 2.96. The molecule has 1 N–H and O–H groups in total. The Morgan fingerprint density at radius 2 is 1.94 bits per heavy atom. The van der Waals surface area contributed by atoms with E-state index in [1.807, 2.05) is 0 Å². The number of hydrogen-bond donors (Lipinski definition) is 1. The fraction of sp³-hybridized carbons (Fsp3) is 0.923. The van der Waals surface area contributed by atoms with Crippen molar-refractivity contribution >= 4 is 5.97 Å². The van der Waals surface area contributed by atoms with Gasteiger partial charge in [-0.05, 0) is 36.0 Å². The molecule has 7 rings (SSSR count). The van der Waals surface area contributed by atoms with E-state index in [0.717, 1.165) is 12.3 Å². The van der Waals surface area contributed by atoms with Crippen molar-refractivity contribution in [1.29, 1.82) is 0 Å². The van der Waals surface area contributed by atoms with Gasteiger partial charge in [-0.25, -0.2) is 0 Å². The van der Waals surface area contributed by atoms with Crippen LogP contribution in [0.4, 0.5) is 0 Å². The summed E-state index contributed by atoms with van der Waals surface area (Å²) in [5.74, 6) is 2.44. The van der Waals surface area contributed by atoms with Crippen LogP contribution >= 0.6 is 0 Å². The minimum absolute atomic E-state index is 0.171. The zero-order valence-corrected chi connectivity index (χ0v) is 9.33. The van der Waals surface area contributed by atoms with Crippen LogP contribution in [-0.4, -0.2) is 30.1 Å². The predicted molar refractivity (Wildman–Crippen MR) is 53.8 cm³/mol. The number of aliphatic carboxylic acids is 1. The topological polar surface area (TPSA) is 55.8 Å². The molecule has 90 valence electrons. The number of carbonyl (C=O) groups is 1. The molecule has 7 fully saturated rings. The van der Waals surface area contributed by atoms with Crippen LogP contribution in [0, 0.1) is 46.8 Å². The van der Waals surface area contributed by atoms with E-state index in [1.54, 1.807) is 0 Å². The summed E-state index contributed by atoms with van der Waals surface area (Å²) < 4.78 is 11.9. The van der Waals surface area contributed by atoms with E-state index in [0.29, 0.717) is 42.8 Å². The Kier molecular flexibility index (Phi) is 0.975. The Morgan fingerprint density at radius 3 is 2.65 bits per heavy atom. The van der Waals surface area contributed by atoms with Crippen molar-refractivity contribution in [1.82, 2.24) is 0 Å². The molecular weight excluding hydrogens is 220 g/mol. The van der Waals surface area contributed by atoms with Crippen molar-refractivity contribution in [3.05, 3.63) is 0 Å². The van der Waals surface area contributed by atoms with Crippen LogP contribution in [-0.2, 0) is 14.3 Å². The SMILES string of the molecule is O=C(O)C12C3CC4C5C3C1C5C1(OCCO1)C42. The summed E-state index contributed by atoms with van der Waals surface area (Å²) in [6.45, 7) is 1.31.